The number of aromatic nitrogens is 1. The molecule has 2 aromatic rings. The van der Waals surface area contributed by atoms with Crippen LogP contribution in [0.15, 0.2) is 27.4 Å². The summed E-state index contributed by atoms with van der Waals surface area (Å²) in [4.78, 5) is 13.8. The first-order valence-corrected chi connectivity index (χ1v) is 6.11. The monoisotopic (exact) mass is 258 g/mol. The second kappa shape index (κ2) is 3.72. The molecular formula is C14H14N2O3. The molecule has 5 heteroatoms. The lowest BCUT2D eigenvalue weighted by molar-refractivity contribution is -0.102. The lowest BCUT2D eigenvalue weighted by Crippen LogP contribution is -2.56. The van der Waals surface area contributed by atoms with Gasteiger partial charge in [-0.2, -0.15) is 5.26 Å². The number of fused-ring (bicyclic) bond motifs is 1. The van der Waals surface area contributed by atoms with Crippen molar-refractivity contribution in [3.8, 4) is 6.07 Å². The van der Waals surface area contributed by atoms with Crippen molar-refractivity contribution in [2.75, 3.05) is 13.2 Å². The van der Waals surface area contributed by atoms with Crippen LogP contribution in [0.2, 0.25) is 0 Å². The van der Waals surface area contributed by atoms with Gasteiger partial charge in [0.05, 0.1) is 35.6 Å². The molecule has 0 atom stereocenters. The van der Waals surface area contributed by atoms with Crippen molar-refractivity contribution in [1.29, 1.82) is 5.26 Å². The fourth-order valence-corrected chi connectivity index (χ4v) is 2.55. The van der Waals surface area contributed by atoms with Gasteiger partial charge in [-0.15, -0.1) is 0 Å². The third-order valence-electron chi connectivity index (χ3n) is 4.14. The third kappa shape index (κ3) is 1.53. The Morgan fingerprint density at radius 1 is 1.42 bits per heavy atom. The van der Waals surface area contributed by atoms with Gasteiger partial charge in [0.2, 0.25) is 0 Å². The Bertz CT molecular complexity index is 729. The minimum atomic E-state index is -0.539. The number of nitrogens with one attached hydrogen (secondary N) is 1. The van der Waals surface area contributed by atoms with Gasteiger partial charge in [0, 0.05) is 0 Å². The topological polar surface area (TPSA) is 79.0 Å². The number of H-pyrrole nitrogens is 1. The molecule has 5 nitrogen and oxygen atoms in total. The second-order valence-electron chi connectivity index (χ2n) is 5.54. The molecule has 98 valence electrons. The van der Waals surface area contributed by atoms with Gasteiger partial charge in [-0.1, -0.05) is 6.07 Å². The molecule has 0 amide bonds. The Kier molecular flexibility index (Phi) is 2.35. The molecule has 1 fully saturated rings. The largest absolute Gasteiger partial charge is 0.417 e. The molecule has 0 bridgehead atoms. The van der Waals surface area contributed by atoms with E-state index in [-0.39, 0.29) is 5.41 Å². The molecule has 0 aliphatic carbocycles. The maximum absolute atomic E-state index is 11.2. The van der Waals surface area contributed by atoms with Crippen LogP contribution < -0.4 is 5.76 Å². The van der Waals surface area contributed by atoms with Crippen LogP contribution in [0.5, 0.6) is 0 Å². The fraction of sp³-hybridized carbons (Fsp3) is 0.429. The van der Waals surface area contributed by atoms with E-state index in [2.05, 4.69) is 11.1 Å². The summed E-state index contributed by atoms with van der Waals surface area (Å²) in [6.07, 6.45) is 0. The third-order valence-corrected chi connectivity index (χ3v) is 4.14. The SMILES string of the molecule is CC(C)(C#N)C1(c2ccc3oc(=O)[nH]c3c2)COC1. The van der Waals surface area contributed by atoms with E-state index in [0.717, 1.165) is 5.56 Å². The molecule has 0 radical (unpaired) electrons. The molecule has 1 N–H and O–H groups in total. The fourth-order valence-electron chi connectivity index (χ4n) is 2.55. The van der Waals surface area contributed by atoms with E-state index in [9.17, 15) is 10.1 Å². The molecule has 1 aromatic carbocycles. The van der Waals surface area contributed by atoms with Crippen LogP contribution in [0.1, 0.15) is 19.4 Å². The number of nitrogens with zero attached hydrogens (tertiary/aromatic N) is 1. The molecule has 2 heterocycles. The van der Waals surface area contributed by atoms with Gasteiger partial charge in [0.15, 0.2) is 5.58 Å². The molecule has 0 saturated carbocycles. The summed E-state index contributed by atoms with van der Waals surface area (Å²) >= 11 is 0. The Labute approximate surface area is 109 Å². The zero-order valence-corrected chi connectivity index (χ0v) is 10.8. The maximum Gasteiger partial charge on any atom is 0.417 e. The van der Waals surface area contributed by atoms with Crippen molar-refractivity contribution in [3.63, 3.8) is 0 Å². The highest BCUT2D eigenvalue weighted by Gasteiger charge is 2.52. The van der Waals surface area contributed by atoms with Crippen molar-refractivity contribution in [2.45, 2.75) is 19.3 Å². The average Bonchev–Trinajstić information content (AvgIpc) is 2.66. The first-order chi connectivity index (χ1) is 8.98. The Morgan fingerprint density at radius 2 is 2.16 bits per heavy atom. The van der Waals surface area contributed by atoms with Crippen molar-refractivity contribution in [2.24, 2.45) is 5.41 Å². The zero-order valence-electron chi connectivity index (χ0n) is 10.8. The van der Waals surface area contributed by atoms with Crippen LogP contribution in [-0.4, -0.2) is 18.2 Å². The molecule has 1 aromatic heterocycles. The second-order valence-corrected chi connectivity index (χ2v) is 5.54. The summed E-state index contributed by atoms with van der Waals surface area (Å²) in [5.74, 6) is -0.467. The molecule has 3 rings (SSSR count). The number of aromatic amines is 1. The van der Waals surface area contributed by atoms with Gasteiger partial charge in [-0.3, -0.25) is 4.98 Å². The average molecular weight is 258 g/mol. The maximum atomic E-state index is 11.2. The molecule has 1 aliphatic rings. The normalized spacial score (nSPS) is 17.9. The van der Waals surface area contributed by atoms with Crippen LogP contribution in [0.4, 0.5) is 0 Å². The quantitative estimate of drug-likeness (QED) is 0.892. The Morgan fingerprint density at radius 3 is 2.74 bits per heavy atom. The van der Waals surface area contributed by atoms with E-state index < -0.39 is 11.2 Å². The van der Waals surface area contributed by atoms with E-state index >= 15 is 0 Å². The Balaban J connectivity index is 2.17. The van der Waals surface area contributed by atoms with Crippen molar-refractivity contribution in [1.82, 2.24) is 4.98 Å². The summed E-state index contributed by atoms with van der Waals surface area (Å²) in [5.41, 5.74) is 1.31. The first kappa shape index (κ1) is 12.0. The zero-order chi connectivity index (χ0) is 13.7. The van der Waals surface area contributed by atoms with Gasteiger partial charge in [0.1, 0.15) is 0 Å². The highest BCUT2D eigenvalue weighted by Crippen LogP contribution is 2.47. The van der Waals surface area contributed by atoms with Gasteiger partial charge >= 0.3 is 5.76 Å². The summed E-state index contributed by atoms with van der Waals surface area (Å²) in [7, 11) is 0. The molecular weight excluding hydrogens is 244 g/mol. The van der Waals surface area contributed by atoms with Crippen LogP contribution in [0, 0.1) is 16.7 Å². The smallest absolute Gasteiger partial charge is 0.408 e. The number of rotatable bonds is 2. The number of ether oxygens (including phenoxy) is 1. The highest BCUT2D eigenvalue weighted by molar-refractivity contribution is 5.73. The highest BCUT2D eigenvalue weighted by atomic mass is 16.5. The number of benzene rings is 1. The Hall–Kier alpha value is -2.06. The molecule has 0 spiro atoms. The van der Waals surface area contributed by atoms with Gasteiger partial charge < -0.3 is 9.15 Å². The van der Waals surface area contributed by atoms with Crippen molar-refractivity contribution >= 4 is 11.1 Å². The van der Waals surface area contributed by atoms with E-state index in [1.807, 2.05) is 26.0 Å². The lowest BCUT2D eigenvalue weighted by Gasteiger charge is -2.49. The van der Waals surface area contributed by atoms with E-state index in [4.69, 9.17) is 9.15 Å². The minimum absolute atomic E-state index is 0.329. The van der Waals surface area contributed by atoms with Gasteiger partial charge in [-0.05, 0) is 31.5 Å². The van der Waals surface area contributed by atoms with Crippen LogP contribution in [0.3, 0.4) is 0 Å². The molecule has 0 unspecified atom stereocenters. The van der Waals surface area contributed by atoms with Crippen LogP contribution >= 0.6 is 0 Å². The first-order valence-electron chi connectivity index (χ1n) is 6.11. The van der Waals surface area contributed by atoms with E-state index in [1.54, 1.807) is 6.07 Å². The predicted molar refractivity (Wildman–Crippen MR) is 68.7 cm³/mol. The number of nitriles is 1. The van der Waals surface area contributed by atoms with Crippen LogP contribution in [-0.2, 0) is 10.2 Å². The summed E-state index contributed by atoms with van der Waals surface area (Å²) in [5, 5.41) is 9.39. The molecule has 1 saturated heterocycles. The lowest BCUT2D eigenvalue weighted by atomic mass is 9.61. The molecule has 19 heavy (non-hydrogen) atoms. The number of hydrogen-bond acceptors (Lipinski definition) is 4. The summed E-state index contributed by atoms with van der Waals surface area (Å²) in [6, 6.07) is 7.90. The van der Waals surface area contributed by atoms with Crippen molar-refractivity contribution < 1.29 is 9.15 Å². The van der Waals surface area contributed by atoms with E-state index in [1.165, 1.54) is 0 Å². The van der Waals surface area contributed by atoms with Crippen molar-refractivity contribution in [3.05, 3.63) is 34.3 Å². The van der Waals surface area contributed by atoms with Gasteiger partial charge in [-0.25, -0.2) is 4.79 Å². The summed E-state index contributed by atoms with van der Waals surface area (Å²) < 4.78 is 10.3. The molecule has 1 aliphatic heterocycles. The van der Waals surface area contributed by atoms with E-state index in [0.29, 0.717) is 24.3 Å². The van der Waals surface area contributed by atoms with Crippen LogP contribution in [0.25, 0.3) is 11.1 Å². The minimum Gasteiger partial charge on any atom is -0.408 e. The predicted octanol–water partition coefficient (Wildman–Crippen LogP) is 1.94. The van der Waals surface area contributed by atoms with Gasteiger partial charge in [0.25, 0.3) is 0 Å². The summed E-state index contributed by atoms with van der Waals surface area (Å²) in [6.45, 7) is 4.86. The number of oxazole rings is 1. The standard InChI is InChI=1S/C14H14N2O3/c1-13(2,6-15)14(7-18-8-14)9-3-4-11-10(5-9)16-12(17)19-11/h3-5H,7-8H2,1-2H3,(H,16,17). The number of hydrogen-bond donors (Lipinski definition) is 1.